The average Bonchev–Trinajstić information content (AvgIpc) is 1.60. The van der Waals surface area contributed by atoms with E-state index >= 15 is 0 Å². The second kappa shape index (κ2) is 43.8. The molecule has 3 amide bonds. The van der Waals surface area contributed by atoms with Crippen LogP contribution in [0.3, 0.4) is 0 Å². The third-order valence-corrected chi connectivity index (χ3v) is 28.3. The number of hydrogen-bond donors (Lipinski definition) is 7. The van der Waals surface area contributed by atoms with E-state index in [0.29, 0.717) is 71.1 Å². The molecule has 0 spiro atoms. The number of sulfonamides is 2. The van der Waals surface area contributed by atoms with Gasteiger partial charge in [-0.1, -0.05) is 54.4 Å². The van der Waals surface area contributed by atoms with E-state index in [1.807, 2.05) is 82.4 Å². The number of rotatable bonds is 12. The van der Waals surface area contributed by atoms with Crippen molar-refractivity contribution >= 4 is 136 Å². The number of nitrogens with one attached hydrogen (secondary N) is 3. The fraction of sp³-hybridized carbons (Fsp3) is 0.531. The summed E-state index contributed by atoms with van der Waals surface area (Å²) in [7, 11) is 3.53. The lowest BCUT2D eigenvalue weighted by Crippen LogP contribution is -2.46. The van der Waals surface area contributed by atoms with Gasteiger partial charge in [0, 0.05) is 16.4 Å². The number of hydrogen-bond acceptors (Lipinski definition) is 29. The van der Waals surface area contributed by atoms with Gasteiger partial charge in [0.1, 0.15) is 45.2 Å². The van der Waals surface area contributed by atoms with E-state index in [0.717, 1.165) is 106 Å². The lowest BCUT2D eigenvalue weighted by molar-refractivity contribution is 0.0460. The van der Waals surface area contributed by atoms with Gasteiger partial charge in [0.05, 0.1) is 136 Å². The number of carbonyl (C=O) groups is 2. The van der Waals surface area contributed by atoms with Crippen LogP contribution in [0.15, 0.2) is 89.6 Å². The number of nitrogens with zero attached hydrogens (tertiary/aromatic N) is 16. The van der Waals surface area contributed by atoms with Gasteiger partial charge in [0.2, 0.25) is 45.3 Å². The van der Waals surface area contributed by atoms with Crippen LogP contribution in [0.25, 0.3) is 0 Å². The molecule has 716 valence electrons. The third kappa shape index (κ3) is 24.8. The molecule has 19 rings (SSSR count). The summed E-state index contributed by atoms with van der Waals surface area (Å²) < 4.78 is 132. The number of aromatic nitrogens is 12. The summed E-state index contributed by atoms with van der Waals surface area (Å²) >= 11 is 27.8. The minimum absolute atomic E-state index is 0. The highest BCUT2D eigenvalue weighted by Gasteiger charge is 2.38. The SMILES string of the molecule is C.CC(C)(C)OC(=O)NC1COc2c(Br)cnn2C1.CN(C)C1COc2c(Br)cnn2C1.CN(C)C1COc2c(S(=O)(=O)NC(=O)Nc3c4c(cc5c3CCC5)CCC4)cnn2C1.CN(C)C1COc2c(S(=O)(=O)Oc3c(Cl)cc(Cl)cc3Cl)cnn2C1.CN(C)C1COc2c(S(N)(=O)=O)cnn2C1.N.NC1COc2c(Br)cnn2C1.Nc1c2c(cc3c1CCC3)CCC2.O. The van der Waals surface area contributed by atoms with Gasteiger partial charge in [-0.2, -0.15) is 39.0 Å². The molecule has 0 fully saturated rings. The lowest BCUT2D eigenvalue weighted by Gasteiger charge is -2.29. The number of aryl methyl sites for hydroxylation is 4. The third-order valence-electron chi connectivity index (χ3n) is 22.5. The number of primary sulfonamides is 1. The molecule has 12 heterocycles. The van der Waals surface area contributed by atoms with Gasteiger partial charge in [0.25, 0.3) is 10.0 Å². The molecule has 130 heavy (non-hydrogen) atoms. The topological polar surface area (TPSA) is 511 Å². The number of amides is 3. The van der Waals surface area contributed by atoms with E-state index in [-0.39, 0.29) is 102 Å². The second-order valence-electron chi connectivity index (χ2n) is 33.7. The van der Waals surface area contributed by atoms with E-state index < -0.39 is 47.9 Å². The molecule has 3 aromatic carbocycles. The zero-order valence-electron chi connectivity index (χ0n) is 73.3. The zero-order chi connectivity index (χ0) is 91.5. The maximum atomic E-state index is 12.9. The number of benzene rings is 3. The molecule has 14 N–H and O–H groups in total. The Bertz CT molecular complexity index is 5780. The van der Waals surface area contributed by atoms with Gasteiger partial charge >= 0.3 is 22.2 Å². The number of nitrogens with two attached hydrogens (primary N) is 3. The fourth-order valence-electron chi connectivity index (χ4n) is 15.7. The molecule has 49 heteroatoms. The Hall–Kier alpha value is -8.30. The van der Waals surface area contributed by atoms with Gasteiger partial charge in [-0.15, -0.1) is 0 Å². The smallest absolute Gasteiger partial charge is 0.408 e. The Morgan fingerprint density at radius 3 is 1.26 bits per heavy atom. The van der Waals surface area contributed by atoms with Crippen molar-refractivity contribution in [3.8, 4) is 41.0 Å². The Balaban J connectivity index is 0.000000162. The van der Waals surface area contributed by atoms with Crippen LogP contribution < -0.4 is 70.7 Å². The van der Waals surface area contributed by atoms with E-state index in [4.69, 9.17) is 88.8 Å². The highest BCUT2D eigenvalue weighted by molar-refractivity contribution is 9.11. The highest BCUT2D eigenvalue weighted by Crippen LogP contribution is 2.43. The van der Waals surface area contributed by atoms with Crippen molar-refractivity contribution < 1.29 is 77.7 Å². The number of carbonyl (C=O) groups excluding carboxylic acids is 2. The van der Waals surface area contributed by atoms with Gasteiger partial charge < -0.3 is 90.7 Å². The first-order valence-corrected chi connectivity index (χ1v) is 49.1. The summed E-state index contributed by atoms with van der Waals surface area (Å²) in [6, 6.07) is 7.32. The molecule has 0 radical (unpaired) electrons. The Labute approximate surface area is 796 Å². The first-order chi connectivity index (χ1) is 60.1. The molecular formula is C81H115Br3Cl3N23O17S3. The number of ether oxygens (including phenoxy) is 7. The molecule has 0 saturated carbocycles. The molecule has 6 atom stereocenters. The Morgan fingerprint density at radius 1 is 0.492 bits per heavy atom. The molecule has 9 aromatic rings. The van der Waals surface area contributed by atoms with Gasteiger partial charge in [0.15, 0.2) is 20.4 Å². The summed E-state index contributed by atoms with van der Waals surface area (Å²) in [6.07, 6.45) is 21.9. The second-order valence-corrected chi connectivity index (χ2v) is 42.2. The van der Waals surface area contributed by atoms with Crippen LogP contribution in [0.1, 0.15) is 98.4 Å². The molecule has 6 aliphatic heterocycles. The average molecular weight is 2130 g/mol. The normalized spacial score (nSPS) is 19.0. The monoisotopic (exact) mass is 2120 g/mol. The number of alkyl carbamates (subject to hydrolysis) is 1. The van der Waals surface area contributed by atoms with Crippen LogP contribution in [-0.4, -0.2) is 259 Å². The van der Waals surface area contributed by atoms with Crippen molar-refractivity contribution in [3.05, 3.63) is 134 Å². The van der Waals surface area contributed by atoms with Crippen LogP contribution >= 0.6 is 82.6 Å². The molecule has 0 saturated heterocycles. The summed E-state index contributed by atoms with van der Waals surface area (Å²) in [5, 5.41) is 35.5. The van der Waals surface area contributed by atoms with Crippen molar-refractivity contribution in [2.45, 2.75) is 201 Å². The van der Waals surface area contributed by atoms with Crippen LogP contribution in [0.2, 0.25) is 15.1 Å². The molecular weight excluding hydrogens is 2010 g/mol. The maximum Gasteiger partial charge on any atom is 0.408 e. The minimum Gasteiger partial charge on any atom is -0.475 e. The van der Waals surface area contributed by atoms with Crippen molar-refractivity contribution in [2.75, 3.05) is 107 Å². The summed E-state index contributed by atoms with van der Waals surface area (Å²) in [5.74, 6) is 2.65. The lowest BCUT2D eigenvalue weighted by atomic mass is 9.99. The maximum absolute atomic E-state index is 12.9. The zero-order valence-corrected chi connectivity index (χ0v) is 82.8. The first-order valence-electron chi connectivity index (χ1n) is 41.1. The van der Waals surface area contributed by atoms with Gasteiger partial charge in [-0.05, 0) is 259 Å². The van der Waals surface area contributed by atoms with Crippen LogP contribution in [0, 0.1) is 0 Å². The number of likely N-dealkylation sites (N-methyl/N-ethyl adjacent to an activating group) is 4. The quantitative estimate of drug-likeness (QED) is 0.0443. The predicted octanol–water partition coefficient (Wildman–Crippen LogP) is 8.96. The number of nitrogen functional groups attached to an aromatic ring is 1. The molecule has 6 unspecified atom stereocenters. The summed E-state index contributed by atoms with van der Waals surface area (Å²) in [4.78, 5) is 32.1. The number of urea groups is 1. The van der Waals surface area contributed by atoms with Crippen molar-refractivity contribution in [1.82, 2.24) is 94.5 Å². The van der Waals surface area contributed by atoms with Gasteiger partial charge in [-0.3, -0.25) is 0 Å². The van der Waals surface area contributed by atoms with E-state index in [9.17, 15) is 34.8 Å². The fourth-order valence-corrected chi connectivity index (χ4v) is 20.5. The van der Waals surface area contributed by atoms with E-state index in [2.05, 4.69) is 125 Å². The van der Waals surface area contributed by atoms with Crippen molar-refractivity contribution in [1.29, 1.82) is 0 Å². The van der Waals surface area contributed by atoms with E-state index in [1.54, 1.807) is 28.0 Å². The van der Waals surface area contributed by atoms with E-state index in [1.165, 1.54) is 117 Å². The van der Waals surface area contributed by atoms with Gasteiger partial charge in [-0.25, -0.2) is 64.4 Å². The van der Waals surface area contributed by atoms with Crippen LogP contribution in [-0.2, 0) is 126 Å². The molecule has 6 aromatic heterocycles. The standard InChI is InChI=1S/C21H27N5O4S.C14H14Cl3N3O4S.C12H15N.C11H16BrN3O3.C8H12BrN3O.C8H14N4O3S.C6H8BrN3O.CH4.H3N.H2O/c1-25(2)15-11-26-20(30-12-15)18(10-22-26)31(28,29)24-21(27)23-19-16-7-3-5-13(16)9-14-6-4-8-17(14)19;1-19(2)9-6-20-14(23-7-9)12(5-18-20)25(21,22)24-13-10(16)3-8(15)4-11(13)17;13-12-10-5-1-3-8(10)7-9-4-2-6-11(9)12;1-11(2,3)18-10(16)14-7-5-15-9(17-6-7)8(12)4-13-15;1-11(2)6-4-12-8(13-5-6)7(9)3-10-12;1-11(2)6-4-12-8(15-5-6)7(3-10-12)16(9,13)14;7-5-1-9-10-2-4(8)3-11-6(5)10;;;/h9-10,15H,3-8,11-12H2,1-2H3,(H2,23,24,27);3-5,9H,6-7H2,1-2H3;7H,1-6,13H2;4,7H,5-6H2,1-3H3,(H,14,16);3,6H,4-5H2,1-2H3;3,6H,4-5H2,1-2H3,(H2,9,13,14);1,4H,2-3,8H2;1H4;1H3;1H2. The molecule has 40 nitrogen and oxygen atoms in total. The van der Waals surface area contributed by atoms with Crippen molar-refractivity contribution in [3.63, 3.8) is 0 Å². The summed E-state index contributed by atoms with van der Waals surface area (Å²) in [6.45, 7) is 12.1. The number of fused-ring (bicyclic) bond motifs is 10. The number of halogens is 6. The predicted molar refractivity (Wildman–Crippen MR) is 501 cm³/mol. The van der Waals surface area contributed by atoms with Crippen LogP contribution in [0.5, 0.6) is 41.0 Å². The van der Waals surface area contributed by atoms with Crippen molar-refractivity contribution in [2.24, 2.45) is 10.9 Å². The minimum atomic E-state index is -4.24. The Kier molecular flexibility index (Phi) is 35.0. The summed E-state index contributed by atoms with van der Waals surface area (Å²) in [5.41, 5.74) is 24.2. The molecule has 4 aliphatic carbocycles. The Morgan fingerprint density at radius 2 is 0.838 bits per heavy atom. The first kappa shape index (κ1) is 104. The largest absolute Gasteiger partial charge is 0.475 e. The van der Waals surface area contributed by atoms with Crippen LogP contribution in [0.4, 0.5) is 21.0 Å². The highest BCUT2D eigenvalue weighted by atomic mass is 79.9. The molecule has 10 aliphatic rings. The molecule has 0 bridgehead atoms. The number of anilines is 2.